The van der Waals surface area contributed by atoms with Crippen molar-refractivity contribution in [2.24, 2.45) is 0 Å². The van der Waals surface area contributed by atoms with E-state index < -0.39 is 5.41 Å². The van der Waals surface area contributed by atoms with Gasteiger partial charge in [-0.3, -0.25) is 0 Å². The summed E-state index contributed by atoms with van der Waals surface area (Å²) in [5.74, 6) is 0. The predicted molar refractivity (Wildman–Crippen MR) is 286 cm³/mol. The van der Waals surface area contributed by atoms with E-state index in [2.05, 4.69) is 266 Å². The highest BCUT2D eigenvalue weighted by Crippen LogP contribution is 2.64. The fraction of sp³-hybridized carbons (Fsp3) is 0.0149. The average Bonchev–Trinajstić information content (AvgIpc) is 4.06. The van der Waals surface area contributed by atoms with Crippen molar-refractivity contribution >= 4 is 39.0 Å². The first-order chi connectivity index (χ1) is 34.2. The maximum absolute atomic E-state index is 6.57. The van der Waals surface area contributed by atoms with Gasteiger partial charge in [0, 0.05) is 33.3 Å². The molecule has 0 radical (unpaired) electrons. The van der Waals surface area contributed by atoms with Crippen molar-refractivity contribution in [2.45, 2.75) is 5.41 Å². The molecule has 0 fully saturated rings. The van der Waals surface area contributed by atoms with Crippen LogP contribution in [0.3, 0.4) is 0 Å². The molecule has 0 atom stereocenters. The minimum atomic E-state index is -0.446. The number of fused-ring (bicyclic) bond motifs is 13. The van der Waals surface area contributed by atoms with Gasteiger partial charge in [0.05, 0.1) is 11.1 Å². The van der Waals surface area contributed by atoms with E-state index in [4.69, 9.17) is 4.42 Å². The summed E-state index contributed by atoms with van der Waals surface area (Å²) < 4.78 is 6.57. The molecule has 2 aliphatic carbocycles. The molecule has 2 nitrogen and oxygen atoms in total. The van der Waals surface area contributed by atoms with Crippen LogP contribution in [-0.4, -0.2) is 0 Å². The van der Waals surface area contributed by atoms with E-state index in [0.29, 0.717) is 0 Å². The van der Waals surface area contributed by atoms with E-state index in [9.17, 15) is 0 Å². The Kier molecular flexibility index (Phi) is 8.84. The van der Waals surface area contributed by atoms with Crippen LogP contribution in [0.1, 0.15) is 22.3 Å². The van der Waals surface area contributed by atoms with Gasteiger partial charge in [-0.25, -0.2) is 0 Å². The molecule has 0 amide bonds. The molecule has 69 heavy (non-hydrogen) atoms. The zero-order valence-corrected chi connectivity index (χ0v) is 37.7. The van der Waals surface area contributed by atoms with Gasteiger partial charge in [0.2, 0.25) is 0 Å². The Balaban J connectivity index is 0.913. The van der Waals surface area contributed by atoms with Crippen molar-refractivity contribution in [1.29, 1.82) is 0 Å². The maximum Gasteiger partial charge on any atom is 0.143 e. The highest BCUT2D eigenvalue weighted by molar-refractivity contribution is 6.10. The Morgan fingerprint density at radius 1 is 0.290 bits per heavy atom. The number of hydrogen-bond acceptors (Lipinski definition) is 2. The molecule has 2 aliphatic rings. The Labute approximate surface area is 401 Å². The smallest absolute Gasteiger partial charge is 0.143 e. The minimum absolute atomic E-state index is 0.446. The van der Waals surface area contributed by atoms with Crippen molar-refractivity contribution in [2.75, 3.05) is 4.90 Å². The fourth-order valence-corrected chi connectivity index (χ4v) is 11.7. The van der Waals surface area contributed by atoms with Crippen LogP contribution < -0.4 is 4.90 Å². The van der Waals surface area contributed by atoms with E-state index in [1.165, 1.54) is 66.8 Å². The SMILES string of the molecule is c1ccc(-c2ccc(-c3ccc(N(c4ccc(-c5ccc6oc7c(-c8ccccc8)cccc7c6c5)cc4)c4cccc5c4-c4ccccc4C54c5ccccc5-c5ccccc54)cc3)cc2)cc1. The molecule has 322 valence electrons. The van der Waals surface area contributed by atoms with Gasteiger partial charge in [-0.05, 0) is 120 Å². The summed E-state index contributed by atoms with van der Waals surface area (Å²) >= 11 is 0. The molecule has 11 aromatic carbocycles. The summed E-state index contributed by atoms with van der Waals surface area (Å²) in [6.07, 6.45) is 0. The van der Waals surface area contributed by atoms with E-state index in [1.807, 2.05) is 0 Å². The van der Waals surface area contributed by atoms with Crippen LogP contribution in [0, 0.1) is 0 Å². The van der Waals surface area contributed by atoms with E-state index >= 15 is 0 Å². The van der Waals surface area contributed by atoms with E-state index in [-0.39, 0.29) is 0 Å². The average molecular weight is 878 g/mol. The van der Waals surface area contributed by atoms with Crippen LogP contribution in [0.4, 0.5) is 17.1 Å². The highest BCUT2D eigenvalue weighted by atomic mass is 16.3. The molecular formula is C67H43NO. The normalized spacial score (nSPS) is 12.8. The van der Waals surface area contributed by atoms with Crippen molar-refractivity contribution in [3.63, 3.8) is 0 Å². The molecule has 1 aromatic heterocycles. The lowest BCUT2D eigenvalue weighted by atomic mass is 9.70. The molecule has 0 N–H and O–H groups in total. The quantitative estimate of drug-likeness (QED) is 0.159. The maximum atomic E-state index is 6.57. The zero-order chi connectivity index (χ0) is 45.5. The highest BCUT2D eigenvalue weighted by Gasteiger charge is 2.52. The van der Waals surface area contributed by atoms with Gasteiger partial charge in [-0.15, -0.1) is 0 Å². The van der Waals surface area contributed by atoms with Gasteiger partial charge >= 0.3 is 0 Å². The lowest BCUT2D eigenvalue weighted by Gasteiger charge is -2.32. The molecular weight excluding hydrogens is 835 g/mol. The number of benzene rings is 11. The van der Waals surface area contributed by atoms with E-state index in [0.717, 1.165) is 61.3 Å². The molecule has 0 aliphatic heterocycles. The van der Waals surface area contributed by atoms with Gasteiger partial charge in [-0.2, -0.15) is 0 Å². The van der Waals surface area contributed by atoms with Crippen LogP contribution in [0.25, 0.3) is 88.7 Å². The Hall–Kier alpha value is -8.98. The molecule has 2 heteroatoms. The summed E-state index contributed by atoms with van der Waals surface area (Å²) in [6.45, 7) is 0. The second-order valence-corrected chi connectivity index (χ2v) is 18.3. The van der Waals surface area contributed by atoms with Crippen LogP contribution in [0.5, 0.6) is 0 Å². The van der Waals surface area contributed by atoms with Crippen LogP contribution >= 0.6 is 0 Å². The third-order valence-electron chi connectivity index (χ3n) is 14.7. The third kappa shape index (κ3) is 5.99. The Morgan fingerprint density at radius 2 is 0.725 bits per heavy atom. The van der Waals surface area contributed by atoms with Gasteiger partial charge in [0.25, 0.3) is 0 Å². The number of furan rings is 1. The number of rotatable bonds is 7. The van der Waals surface area contributed by atoms with Gasteiger partial charge in [0.15, 0.2) is 0 Å². The molecule has 1 spiro atoms. The van der Waals surface area contributed by atoms with Gasteiger partial charge in [-0.1, -0.05) is 218 Å². The molecule has 14 rings (SSSR count). The first kappa shape index (κ1) is 39.2. The van der Waals surface area contributed by atoms with Crippen LogP contribution in [0.15, 0.2) is 265 Å². The largest absolute Gasteiger partial charge is 0.455 e. The van der Waals surface area contributed by atoms with Crippen molar-refractivity contribution < 1.29 is 4.42 Å². The summed E-state index contributed by atoms with van der Waals surface area (Å²) in [5.41, 5.74) is 24.5. The molecule has 1 heterocycles. The number of para-hydroxylation sites is 1. The molecule has 0 saturated carbocycles. The second-order valence-electron chi connectivity index (χ2n) is 18.3. The summed E-state index contributed by atoms with van der Waals surface area (Å²) in [7, 11) is 0. The first-order valence-electron chi connectivity index (χ1n) is 23.8. The molecule has 0 unspecified atom stereocenters. The number of hydrogen-bond donors (Lipinski definition) is 0. The van der Waals surface area contributed by atoms with Crippen LogP contribution in [0.2, 0.25) is 0 Å². The lowest BCUT2D eigenvalue weighted by Crippen LogP contribution is -2.26. The Morgan fingerprint density at radius 3 is 1.33 bits per heavy atom. The summed E-state index contributed by atoms with van der Waals surface area (Å²) in [4.78, 5) is 2.46. The van der Waals surface area contributed by atoms with Crippen molar-refractivity contribution in [3.05, 3.63) is 283 Å². The standard InChI is InChI=1S/C67H43NO/c1-3-15-44(16-4-1)45-29-31-46(32-30-45)47-33-38-51(39-34-47)68(52-40-35-48(36-41-52)50-37-42-64-58(43-50)56-23-13-22-53(66(56)69-64)49-17-5-2-6-18-49)63-28-14-27-62-65(63)57-21-9-12-26-61(57)67(62)59-24-10-7-19-54(59)55-20-8-11-25-60(55)67/h1-43H. The summed E-state index contributed by atoms with van der Waals surface area (Å²) in [5, 5.41) is 2.23. The van der Waals surface area contributed by atoms with Crippen molar-refractivity contribution in [1.82, 2.24) is 0 Å². The molecule has 0 bridgehead atoms. The zero-order valence-electron chi connectivity index (χ0n) is 37.7. The minimum Gasteiger partial charge on any atom is -0.455 e. The van der Waals surface area contributed by atoms with Crippen molar-refractivity contribution in [3.8, 4) is 66.8 Å². The molecule has 12 aromatic rings. The number of anilines is 3. The Bertz CT molecular complexity index is 3880. The van der Waals surface area contributed by atoms with Gasteiger partial charge in [0.1, 0.15) is 11.2 Å². The summed E-state index contributed by atoms with van der Waals surface area (Å²) in [6, 6.07) is 95.4. The second kappa shape index (κ2) is 15.6. The lowest BCUT2D eigenvalue weighted by molar-refractivity contribution is 0.670. The third-order valence-corrected chi connectivity index (χ3v) is 14.7. The first-order valence-corrected chi connectivity index (χ1v) is 23.8. The predicted octanol–water partition coefficient (Wildman–Crippen LogP) is 18.1. The topological polar surface area (TPSA) is 16.4 Å². The monoisotopic (exact) mass is 877 g/mol. The molecule has 0 saturated heterocycles. The van der Waals surface area contributed by atoms with Gasteiger partial charge < -0.3 is 9.32 Å². The number of nitrogens with zero attached hydrogens (tertiary/aromatic N) is 1. The van der Waals surface area contributed by atoms with Crippen LogP contribution in [-0.2, 0) is 5.41 Å². The van der Waals surface area contributed by atoms with E-state index in [1.54, 1.807) is 0 Å². The fourth-order valence-electron chi connectivity index (χ4n) is 11.7.